The molecule has 0 aliphatic carbocycles. The molecule has 0 aromatic heterocycles. The van der Waals surface area contributed by atoms with Crippen LogP contribution in [-0.4, -0.2) is 5.11 Å². The lowest BCUT2D eigenvalue weighted by atomic mass is 10.3. The highest BCUT2D eigenvalue weighted by Crippen LogP contribution is 1.93. The van der Waals surface area contributed by atoms with Gasteiger partial charge < -0.3 is 5.11 Å². The molecule has 0 fully saturated rings. The van der Waals surface area contributed by atoms with Crippen LogP contribution in [0.2, 0.25) is 0 Å². The van der Waals surface area contributed by atoms with Crippen molar-refractivity contribution in [3.8, 4) is 0 Å². The molecule has 0 amide bonds. The van der Waals surface area contributed by atoms with Crippen molar-refractivity contribution >= 4 is 0 Å². The van der Waals surface area contributed by atoms with Crippen LogP contribution < -0.4 is 0 Å². The van der Waals surface area contributed by atoms with Crippen LogP contribution in [0.3, 0.4) is 0 Å². The molecule has 76 valence electrons. The van der Waals surface area contributed by atoms with Crippen molar-refractivity contribution in [1.82, 2.24) is 0 Å². The van der Waals surface area contributed by atoms with E-state index in [1.807, 2.05) is 6.92 Å². The van der Waals surface area contributed by atoms with Crippen LogP contribution in [0.4, 0.5) is 0 Å². The van der Waals surface area contributed by atoms with Gasteiger partial charge in [0, 0.05) is 6.42 Å². The summed E-state index contributed by atoms with van der Waals surface area (Å²) in [5.74, 6) is 0.396. The Morgan fingerprint density at radius 2 is 1.69 bits per heavy atom. The van der Waals surface area contributed by atoms with E-state index >= 15 is 0 Å². The SMILES string of the molecule is C=C/C=C\C=C(/O)CC.CCCC. The van der Waals surface area contributed by atoms with Gasteiger partial charge >= 0.3 is 0 Å². The van der Waals surface area contributed by atoms with Crippen molar-refractivity contribution in [2.45, 2.75) is 40.0 Å². The van der Waals surface area contributed by atoms with E-state index in [-0.39, 0.29) is 0 Å². The van der Waals surface area contributed by atoms with Crippen molar-refractivity contribution in [3.63, 3.8) is 0 Å². The molecule has 1 N–H and O–H groups in total. The second kappa shape index (κ2) is 13.6. The highest BCUT2D eigenvalue weighted by molar-refractivity contribution is 5.11. The van der Waals surface area contributed by atoms with E-state index in [4.69, 9.17) is 5.11 Å². The number of aliphatic hydroxyl groups excluding tert-OH is 1. The van der Waals surface area contributed by atoms with Crippen molar-refractivity contribution in [2.75, 3.05) is 0 Å². The van der Waals surface area contributed by atoms with Crippen molar-refractivity contribution in [3.05, 3.63) is 36.6 Å². The molecule has 0 heterocycles. The van der Waals surface area contributed by atoms with E-state index in [0.29, 0.717) is 12.2 Å². The van der Waals surface area contributed by atoms with Gasteiger partial charge in [0.1, 0.15) is 0 Å². The maximum Gasteiger partial charge on any atom is 0.0919 e. The molecule has 0 aromatic rings. The molecule has 0 radical (unpaired) electrons. The summed E-state index contributed by atoms with van der Waals surface area (Å²) in [6.07, 6.45) is 10.2. The highest BCUT2D eigenvalue weighted by atomic mass is 16.3. The maximum atomic E-state index is 8.86. The Balaban J connectivity index is 0. The third-order valence-electron chi connectivity index (χ3n) is 1.40. The number of unbranched alkanes of at least 4 members (excludes halogenated alkanes) is 1. The van der Waals surface area contributed by atoms with Crippen LogP contribution in [0.15, 0.2) is 36.6 Å². The van der Waals surface area contributed by atoms with E-state index < -0.39 is 0 Å². The fourth-order valence-corrected chi connectivity index (χ4v) is 0.363. The smallest absolute Gasteiger partial charge is 0.0919 e. The predicted molar refractivity (Wildman–Crippen MR) is 60.9 cm³/mol. The minimum absolute atomic E-state index is 0.396. The van der Waals surface area contributed by atoms with Gasteiger partial charge in [0.25, 0.3) is 0 Å². The molecule has 0 spiro atoms. The van der Waals surface area contributed by atoms with Gasteiger partial charge in [-0.1, -0.05) is 58.4 Å². The molecule has 0 aromatic carbocycles. The molecule has 0 saturated heterocycles. The first-order valence-electron chi connectivity index (χ1n) is 4.90. The molecular formula is C12H22O. The van der Waals surface area contributed by atoms with Gasteiger partial charge in [-0.2, -0.15) is 0 Å². The summed E-state index contributed by atoms with van der Waals surface area (Å²) >= 11 is 0. The molecule has 0 rings (SSSR count). The summed E-state index contributed by atoms with van der Waals surface area (Å²) < 4.78 is 0. The van der Waals surface area contributed by atoms with Crippen molar-refractivity contribution < 1.29 is 5.11 Å². The second-order valence-corrected chi connectivity index (χ2v) is 2.63. The predicted octanol–water partition coefficient (Wildman–Crippen LogP) is 4.39. The van der Waals surface area contributed by atoms with E-state index in [2.05, 4.69) is 20.4 Å². The summed E-state index contributed by atoms with van der Waals surface area (Å²) in [5, 5.41) is 8.86. The Morgan fingerprint density at radius 1 is 1.15 bits per heavy atom. The standard InChI is InChI=1S/C8H12O.C4H10/c1-3-5-6-7-8(9)4-2;1-3-4-2/h3,5-7,9H,1,4H2,2H3;3-4H2,1-2H3/b6-5-,8-7-;. The Morgan fingerprint density at radius 3 is 2.00 bits per heavy atom. The average Bonchev–Trinajstić information content (AvgIpc) is 2.18. The molecule has 13 heavy (non-hydrogen) atoms. The monoisotopic (exact) mass is 182 g/mol. The molecule has 1 nitrogen and oxygen atoms in total. The van der Waals surface area contributed by atoms with Gasteiger partial charge in [-0.05, 0) is 6.08 Å². The number of hydrogen-bond donors (Lipinski definition) is 1. The third-order valence-corrected chi connectivity index (χ3v) is 1.40. The Bertz CT molecular complexity index is 153. The Hall–Kier alpha value is -0.980. The summed E-state index contributed by atoms with van der Waals surface area (Å²) in [6, 6.07) is 0. The van der Waals surface area contributed by atoms with Crippen molar-refractivity contribution in [2.24, 2.45) is 0 Å². The van der Waals surface area contributed by atoms with E-state index in [9.17, 15) is 0 Å². The second-order valence-electron chi connectivity index (χ2n) is 2.63. The summed E-state index contributed by atoms with van der Waals surface area (Å²) in [4.78, 5) is 0. The zero-order valence-corrected chi connectivity index (χ0v) is 9.09. The zero-order valence-electron chi connectivity index (χ0n) is 9.09. The number of hydrogen-bond acceptors (Lipinski definition) is 1. The minimum Gasteiger partial charge on any atom is -0.512 e. The molecule has 0 aliphatic rings. The van der Waals surface area contributed by atoms with Gasteiger partial charge in [0.2, 0.25) is 0 Å². The fourth-order valence-electron chi connectivity index (χ4n) is 0.363. The van der Waals surface area contributed by atoms with Crippen LogP contribution in [0.5, 0.6) is 0 Å². The molecule has 0 atom stereocenters. The van der Waals surface area contributed by atoms with E-state index in [0.717, 1.165) is 0 Å². The van der Waals surface area contributed by atoms with Gasteiger partial charge in [-0.3, -0.25) is 0 Å². The van der Waals surface area contributed by atoms with E-state index in [1.165, 1.54) is 12.8 Å². The highest BCUT2D eigenvalue weighted by Gasteiger charge is 1.79. The number of allylic oxidation sites excluding steroid dienone is 5. The third kappa shape index (κ3) is 18.2. The van der Waals surface area contributed by atoms with Crippen LogP contribution in [0.25, 0.3) is 0 Å². The number of rotatable bonds is 4. The van der Waals surface area contributed by atoms with Gasteiger partial charge in [0.05, 0.1) is 5.76 Å². The normalized spacial score (nSPS) is 10.8. The summed E-state index contributed by atoms with van der Waals surface area (Å²) in [6.45, 7) is 9.74. The average molecular weight is 182 g/mol. The summed E-state index contributed by atoms with van der Waals surface area (Å²) in [5.41, 5.74) is 0. The Labute approximate surface area is 82.5 Å². The van der Waals surface area contributed by atoms with Crippen LogP contribution in [0, 0.1) is 0 Å². The molecule has 0 bridgehead atoms. The van der Waals surface area contributed by atoms with Crippen LogP contribution in [0.1, 0.15) is 40.0 Å². The molecule has 0 saturated carbocycles. The lowest BCUT2D eigenvalue weighted by molar-refractivity contribution is 0.395. The molecular weight excluding hydrogens is 160 g/mol. The van der Waals surface area contributed by atoms with Crippen molar-refractivity contribution in [1.29, 1.82) is 0 Å². The molecule has 1 heteroatoms. The number of aliphatic hydroxyl groups is 1. The first-order valence-corrected chi connectivity index (χ1v) is 4.90. The Kier molecular flexibility index (Phi) is 15.2. The first-order chi connectivity index (χ1) is 6.22. The topological polar surface area (TPSA) is 20.2 Å². The molecule has 0 aliphatic heterocycles. The van der Waals surface area contributed by atoms with Crippen LogP contribution in [-0.2, 0) is 0 Å². The van der Waals surface area contributed by atoms with Gasteiger partial charge in [-0.25, -0.2) is 0 Å². The molecule has 0 unspecified atom stereocenters. The fraction of sp³-hybridized carbons (Fsp3) is 0.500. The van der Waals surface area contributed by atoms with Crippen LogP contribution >= 0.6 is 0 Å². The van der Waals surface area contributed by atoms with E-state index in [1.54, 1.807) is 24.3 Å². The minimum atomic E-state index is 0.396. The van der Waals surface area contributed by atoms with Gasteiger partial charge in [0.15, 0.2) is 0 Å². The van der Waals surface area contributed by atoms with Gasteiger partial charge in [-0.15, -0.1) is 0 Å². The quantitative estimate of drug-likeness (QED) is 0.505. The lowest BCUT2D eigenvalue weighted by Crippen LogP contribution is -1.72. The largest absolute Gasteiger partial charge is 0.512 e. The lowest BCUT2D eigenvalue weighted by Gasteiger charge is -1.86. The summed E-state index contributed by atoms with van der Waals surface area (Å²) in [7, 11) is 0. The zero-order chi connectivity index (χ0) is 10.5. The first kappa shape index (κ1) is 14.5. The maximum absolute atomic E-state index is 8.86.